The average molecular weight is 390 g/mol. The van der Waals surface area contributed by atoms with E-state index in [1.807, 2.05) is 0 Å². The first-order valence-electron chi connectivity index (χ1n) is 11.0. The minimum atomic E-state index is 0.511. The molecule has 4 saturated carbocycles. The molecule has 2 aromatic carbocycles. The molecule has 0 aliphatic heterocycles. The number of thiocarbonyl (C=S) groups is 1. The lowest BCUT2D eigenvalue weighted by Gasteiger charge is -2.57. The van der Waals surface area contributed by atoms with E-state index in [2.05, 4.69) is 65.6 Å². The van der Waals surface area contributed by atoms with E-state index in [1.165, 1.54) is 54.6 Å². The van der Waals surface area contributed by atoms with Crippen molar-refractivity contribution in [3.05, 3.63) is 71.8 Å². The van der Waals surface area contributed by atoms with Crippen LogP contribution in [-0.4, -0.2) is 9.89 Å². The maximum atomic E-state index is 6.13. The van der Waals surface area contributed by atoms with Crippen molar-refractivity contribution >= 4 is 17.2 Å². The Morgan fingerprint density at radius 3 is 1.61 bits per heavy atom. The molecule has 0 radical (unpaired) electrons. The van der Waals surface area contributed by atoms with Crippen molar-refractivity contribution in [2.75, 3.05) is 0 Å². The van der Waals surface area contributed by atoms with E-state index < -0.39 is 0 Å². The number of hydrogen-bond acceptors (Lipinski definition) is 1. The maximum absolute atomic E-state index is 6.13. The fraction of sp³-hybridized carbons (Fsp3) is 0.500. The highest BCUT2D eigenvalue weighted by Gasteiger charge is 2.51. The summed E-state index contributed by atoms with van der Waals surface area (Å²) < 4.78 is 0. The lowest BCUT2D eigenvalue weighted by molar-refractivity contribution is -0.0491. The normalized spacial score (nSPS) is 30.4. The van der Waals surface area contributed by atoms with E-state index in [9.17, 15) is 0 Å². The summed E-state index contributed by atoms with van der Waals surface area (Å²) in [6, 6.07) is 21.7. The third-order valence-corrected chi connectivity index (χ3v) is 7.88. The summed E-state index contributed by atoms with van der Waals surface area (Å²) in [5.74, 6) is 2.97. The molecule has 0 N–H and O–H groups in total. The van der Waals surface area contributed by atoms with E-state index in [4.69, 9.17) is 12.2 Å². The van der Waals surface area contributed by atoms with Crippen molar-refractivity contribution < 1.29 is 0 Å². The topological polar surface area (TPSA) is 3.24 Å². The predicted octanol–water partition coefficient (Wildman–Crippen LogP) is 6.62. The van der Waals surface area contributed by atoms with Crippen LogP contribution >= 0.6 is 12.2 Å². The van der Waals surface area contributed by atoms with Crippen molar-refractivity contribution in [3.8, 4) is 0 Å². The largest absolute Gasteiger partial charge is 0.357 e. The number of benzene rings is 2. The van der Waals surface area contributed by atoms with Crippen LogP contribution in [0.3, 0.4) is 0 Å². The first kappa shape index (κ1) is 18.4. The Labute approximate surface area is 175 Å². The van der Waals surface area contributed by atoms with Gasteiger partial charge in [-0.25, -0.2) is 0 Å². The molecule has 4 bridgehead atoms. The van der Waals surface area contributed by atoms with Crippen LogP contribution in [-0.2, 0) is 13.1 Å². The van der Waals surface area contributed by atoms with Gasteiger partial charge in [0.15, 0.2) is 0 Å². The highest BCUT2D eigenvalue weighted by molar-refractivity contribution is 7.80. The summed E-state index contributed by atoms with van der Waals surface area (Å²) in [6.07, 6.45) is 9.94. The molecule has 0 unspecified atom stereocenters. The van der Waals surface area contributed by atoms with Gasteiger partial charge >= 0.3 is 0 Å². The zero-order chi connectivity index (χ0) is 19.0. The smallest absolute Gasteiger partial charge is 0.0790 e. The molecular formula is C26H31NS. The molecule has 2 aromatic rings. The van der Waals surface area contributed by atoms with Crippen LogP contribution in [0.5, 0.6) is 0 Å². The Bertz CT molecular complexity index is 736. The number of hydrogen-bond donors (Lipinski definition) is 0. The van der Waals surface area contributed by atoms with Crippen molar-refractivity contribution in [2.45, 2.75) is 58.0 Å². The molecule has 6 rings (SSSR count). The second-order valence-corrected chi connectivity index (χ2v) is 10.3. The summed E-state index contributed by atoms with van der Waals surface area (Å²) in [5, 5.41) is 0. The van der Waals surface area contributed by atoms with Crippen LogP contribution in [0.15, 0.2) is 60.7 Å². The number of nitrogens with zero attached hydrogens (tertiary/aromatic N) is 1. The predicted molar refractivity (Wildman–Crippen MR) is 120 cm³/mol. The van der Waals surface area contributed by atoms with Gasteiger partial charge in [0.2, 0.25) is 0 Å². The zero-order valence-corrected chi connectivity index (χ0v) is 17.5. The third-order valence-electron chi connectivity index (χ3n) is 7.48. The SMILES string of the molecule is S=C(CC12CC3CC(CC(C3)C1)C2)N(Cc1ccccc1)Cc1ccccc1. The summed E-state index contributed by atoms with van der Waals surface area (Å²) in [5.41, 5.74) is 3.22. The monoisotopic (exact) mass is 389 g/mol. The van der Waals surface area contributed by atoms with E-state index >= 15 is 0 Å². The second kappa shape index (κ2) is 7.63. The van der Waals surface area contributed by atoms with Crippen molar-refractivity contribution in [1.82, 2.24) is 4.90 Å². The Morgan fingerprint density at radius 2 is 1.18 bits per heavy atom. The summed E-state index contributed by atoms with van der Waals surface area (Å²) in [6.45, 7) is 1.84. The van der Waals surface area contributed by atoms with Gasteiger partial charge in [0, 0.05) is 19.5 Å². The molecular weight excluding hydrogens is 358 g/mol. The van der Waals surface area contributed by atoms with Crippen LogP contribution in [0.1, 0.15) is 56.1 Å². The van der Waals surface area contributed by atoms with Crippen molar-refractivity contribution in [2.24, 2.45) is 23.2 Å². The Kier molecular flexibility index (Phi) is 5.00. The molecule has 0 spiro atoms. The molecule has 4 aliphatic carbocycles. The van der Waals surface area contributed by atoms with Gasteiger partial charge in [-0.1, -0.05) is 72.9 Å². The zero-order valence-electron chi connectivity index (χ0n) is 16.7. The van der Waals surface area contributed by atoms with Gasteiger partial charge in [0.05, 0.1) is 4.99 Å². The van der Waals surface area contributed by atoms with Gasteiger partial charge < -0.3 is 4.90 Å². The van der Waals surface area contributed by atoms with E-state index in [1.54, 1.807) is 0 Å². The van der Waals surface area contributed by atoms with Gasteiger partial charge in [-0.2, -0.15) is 0 Å². The van der Waals surface area contributed by atoms with Gasteiger partial charge in [0.25, 0.3) is 0 Å². The lowest BCUT2D eigenvalue weighted by atomic mass is 9.49. The van der Waals surface area contributed by atoms with Crippen molar-refractivity contribution in [1.29, 1.82) is 0 Å². The van der Waals surface area contributed by atoms with E-state index in [0.717, 1.165) is 37.3 Å². The molecule has 0 saturated heterocycles. The summed E-state index contributed by atoms with van der Waals surface area (Å²) >= 11 is 6.13. The second-order valence-electron chi connectivity index (χ2n) is 9.82. The van der Waals surface area contributed by atoms with E-state index in [0.29, 0.717) is 5.41 Å². The Balaban J connectivity index is 1.35. The standard InChI is InChI=1S/C26H31NS/c28-25(17-26-14-22-11-23(15-26)13-24(12-22)16-26)27(18-20-7-3-1-4-8-20)19-21-9-5-2-6-10-21/h1-10,22-24H,11-19H2. The Morgan fingerprint density at radius 1 is 0.750 bits per heavy atom. The first-order valence-corrected chi connectivity index (χ1v) is 11.4. The molecule has 4 aliphatic rings. The first-order chi connectivity index (χ1) is 13.7. The Hall–Kier alpha value is -1.67. The van der Waals surface area contributed by atoms with Gasteiger partial charge in [0.1, 0.15) is 0 Å². The van der Waals surface area contributed by atoms with Crippen LogP contribution < -0.4 is 0 Å². The van der Waals surface area contributed by atoms with Crippen LogP contribution in [0.2, 0.25) is 0 Å². The molecule has 0 atom stereocenters. The minimum Gasteiger partial charge on any atom is -0.357 e. The lowest BCUT2D eigenvalue weighted by Crippen LogP contribution is -2.48. The molecule has 1 nitrogen and oxygen atoms in total. The summed E-state index contributed by atoms with van der Waals surface area (Å²) in [7, 11) is 0. The molecule has 2 heteroatoms. The molecule has 0 aromatic heterocycles. The molecule has 28 heavy (non-hydrogen) atoms. The van der Waals surface area contributed by atoms with Gasteiger partial charge in [-0.15, -0.1) is 0 Å². The third kappa shape index (κ3) is 3.89. The molecule has 4 fully saturated rings. The van der Waals surface area contributed by atoms with Crippen LogP contribution in [0.4, 0.5) is 0 Å². The highest BCUT2D eigenvalue weighted by Crippen LogP contribution is 2.61. The van der Waals surface area contributed by atoms with Gasteiger partial charge in [-0.3, -0.25) is 0 Å². The fourth-order valence-electron chi connectivity index (χ4n) is 6.78. The molecule has 146 valence electrons. The molecule has 0 heterocycles. The van der Waals surface area contributed by atoms with Gasteiger partial charge in [-0.05, 0) is 72.8 Å². The quantitative estimate of drug-likeness (QED) is 0.511. The highest BCUT2D eigenvalue weighted by atomic mass is 32.1. The number of rotatable bonds is 6. The van der Waals surface area contributed by atoms with Crippen molar-refractivity contribution in [3.63, 3.8) is 0 Å². The minimum absolute atomic E-state index is 0.511. The summed E-state index contributed by atoms with van der Waals surface area (Å²) in [4.78, 5) is 3.66. The van der Waals surface area contributed by atoms with E-state index in [-0.39, 0.29) is 0 Å². The average Bonchev–Trinajstić information content (AvgIpc) is 2.68. The maximum Gasteiger partial charge on any atom is 0.0790 e. The molecule has 0 amide bonds. The fourth-order valence-corrected chi connectivity index (χ4v) is 7.21. The van der Waals surface area contributed by atoms with Crippen LogP contribution in [0, 0.1) is 23.2 Å². The van der Waals surface area contributed by atoms with Crippen LogP contribution in [0.25, 0.3) is 0 Å².